The molecule has 3 N–H and O–H groups in total. The van der Waals surface area contributed by atoms with E-state index in [0.717, 1.165) is 17.2 Å². The van der Waals surface area contributed by atoms with E-state index in [2.05, 4.69) is 30.8 Å². The van der Waals surface area contributed by atoms with Crippen LogP contribution in [0.15, 0.2) is 0 Å². The number of ether oxygens (including phenoxy) is 1. The van der Waals surface area contributed by atoms with Crippen molar-refractivity contribution in [2.24, 2.45) is 0 Å². The number of rotatable bonds is 3. The number of nitrogen functional groups attached to an aromatic ring is 1. The van der Waals surface area contributed by atoms with E-state index in [4.69, 9.17) is 10.5 Å². The number of hydrogen-bond acceptors (Lipinski definition) is 5. The van der Waals surface area contributed by atoms with E-state index in [1.54, 1.807) is 0 Å². The van der Waals surface area contributed by atoms with Crippen LogP contribution in [0.2, 0.25) is 0 Å². The van der Waals surface area contributed by atoms with Gasteiger partial charge in [0.25, 0.3) is 0 Å². The third-order valence-electron chi connectivity index (χ3n) is 3.58. The van der Waals surface area contributed by atoms with Gasteiger partial charge < -0.3 is 20.5 Å². The molecule has 0 aliphatic carbocycles. The van der Waals surface area contributed by atoms with E-state index in [1.807, 2.05) is 11.6 Å². The summed E-state index contributed by atoms with van der Waals surface area (Å²) in [5.41, 5.74) is 7.76. The molecule has 2 atom stereocenters. The Labute approximate surface area is 114 Å². The summed E-state index contributed by atoms with van der Waals surface area (Å²) in [7, 11) is 0. The summed E-state index contributed by atoms with van der Waals surface area (Å²) in [6.45, 7) is 9.45. The lowest BCUT2D eigenvalue weighted by atomic mass is 10.2. The zero-order valence-electron chi connectivity index (χ0n) is 12.1. The fourth-order valence-electron chi connectivity index (χ4n) is 2.42. The van der Waals surface area contributed by atoms with E-state index in [-0.39, 0.29) is 24.8 Å². The van der Waals surface area contributed by atoms with Crippen LogP contribution in [0.4, 0.5) is 11.5 Å². The van der Waals surface area contributed by atoms with Gasteiger partial charge in [0.2, 0.25) is 0 Å². The van der Waals surface area contributed by atoms with Crippen molar-refractivity contribution in [3.8, 4) is 0 Å². The van der Waals surface area contributed by atoms with E-state index in [9.17, 15) is 5.11 Å². The van der Waals surface area contributed by atoms with Crippen molar-refractivity contribution >= 4 is 11.5 Å². The molecule has 0 saturated carbocycles. The molecule has 108 valence electrons. The molecule has 19 heavy (non-hydrogen) atoms. The molecule has 0 bridgehead atoms. The van der Waals surface area contributed by atoms with E-state index in [1.165, 1.54) is 0 Å². The van der Waals surface area contributed by atoms with Crippen LogP contribution >= 0.6 is 0 Å². The molecule has 1 aromatic heterocycles. The zero-order valence-corrected chi connectivity index (χ0v) is 12.1. The van der Waals surface area contributed by atoms with Crippen LogP contribution in [0.25, 0.3) is 0 Å². The Hall–Kier alpha value is -1.27. The van der Waals surface area contributed by atoms with Gasteiger partial charge in [-0.1, -0.05) is 0 Å². The lowest BCUT2D eigenvalue weighted by Crippen LogP contribution is -2.50. The first-order valence-corrected chi connectivity index (χ1v) is 6.79. The minimum absolute atomic E-state index is 0.0257. The predicted molar refractivity (Wildman–Crippen MR) is 75.4 cm³/mol. The van der Waals surface area contributed by atoms with Crippen molar-refractivity contribution in [3.05, 3.63) is 5.69 Å². The molecule has 0 spiro atoms. The highest BCUT2D eigenvalue weighted by Crippen LogP contribution is 2.32. The van der Waals surface area contributed by atoms with Gasteiger partial charge in [-0.05, 0) is 27.7 Å². The van der Waals surface area contributed by atoms with Crippen LogP contribution in [0.1, 0.15) is 32.5 Å². The molecule has 2 rings (SSSR count). The summed E-state index contributed by atoms with van der Waals surface area (Å²) >= 11 is 0. The maximum Gasteiger partial charge on any atom is 0.151 e. The fourth-order valence-corrected chi connectivity index (χ4v) is 2.42. The number of aliphatic hydroxyl groups is 1. The molecule has 6 nitrogen and oxygen atoms in total. The van der Waals surface area contributed by atoms with Crippen molar-refractivity contribution in [2.45, 2.75) is 45.9 Å². The molecule has 1 fully saturated rings. The van der Waals surface area contributed by atoms with Crippen LogP contribution in [0.5, 0.6) is 0 Å². The predicted octanol–water partition coefficient (Wildman–Crippen LogP) is 0.941. The zero-order chi connectivity index (χ0) is 14.2. The van der Waals surface area contributed by atoms with Gasteiger partial charge in [-0.25, -0.2) is 4.68 Å². The largest absolute Gasteiger partial charge is 0.394 e. The second-order valence-electron chi connectivity index (χ2n) is 5.50. The number of hydrogen-bond donors (Lipinski definition) is 2. The number of morpholine rings is 1. The molecule has 1 saturated heterocycles. The molecule has 0 radical (unpaired) electrons. The van der Waals surface area contributed by atoms with Crippen molar-refractivity contribution < 1.29 is 9.84 Å². The van der Waals surface area contributed by atoms with Crippen molar-refractivity contribution in [1.29, 1.82) is 0 Å². The molecule has 1 aromatic rings. The Morgan fingerprint density at radius 2 is 2.21 bits per heavy atom. The van der Waals surface area contributed by atoms with Crippen molar-refractivity contribution in [1.82, 2.24) is 9.78 Å². The Balaban J connectivity index is 2.38. The Morgan fingerprint density at radius 3 is 2.79 bits per heavy atom. The summed E-state index contributed by atoms with van der Waals surface area (Å²) in [6.07, 6.45) is -0.161. The highest BCUT2D eigenvalue weighted by molar-refractivity contribution is 5.67. The van der Waals surface area contributed by atoms with E-state index in [0.29, 0.717) is 13.2 Å². The number of anilines is 2. The summed E-state index contributed by atoms with van der Waals surface area (Å²) in [5, 5.41) is 13.8. The smallest absolute Gasteiger partial charge is 0.151 e. The first-order valence-electron chi connectivity index (χ1n) is 6.79. The molecule has 0 aromatic carbocycles. The minimum atomic E-state index is -0.161. The number of aromatic nitrogens is 2. The summed E-state index contributed by atoms with van der Waals surface area (Å²) in [6, 6.07) is 0.465. The van der Waals surface area contributed by atoms with Crippen molar-refractivity contribution in [2.75, 3.05) is 30.4 Å². The Bertz CT molecular complexity index is 444. The molecule has 2 unspecified atom stereocenters. The maximum atomic E-state index is 9.29. The minimum Gasteiger partial charge on any atom is -0.394 e. The number of aryl methyl sites for hydroxylation is 1. The first-order chi connectivity index (χ1) is 8.95. The average molecular weight is 268 g/mol. The topological polar surface area (TPSA) is 76.5 Å². The normalized spacial score (nSPS) is 24.2. The Morgan fingerprint density at radius 1 is 1.53 bits per heavy atom. The van der Waals surface area contributed by atoms with Crippen LogP contribution in [-0.4, -0.2) is 46.8 Å². The lowest BCUT2D eigenvalue weighted by Gasteiger charge is -2.39. The molecule has 6 heteroatoms. The molecule has 0 amide bonds. The highest BCUT2D eigenvalue weighted by Gasteiger charge is 2.30. The summed E-state index contributed by atoms with van der Waals surface area (Å²) < 4.78 is 7.54. The van der Waals surface area contributed by atoms with Crippen LogP contribution in [-0.2, 0) is 4.74 Å². The van der Waals surface area contributed by atoms with Crippen LogP contribution < -0.4 is 10.6 Å². The van der Waals surface area contributed by atoms with E-state index >= 15 is 0 Å². The second kappa shape index (κ2) is 5.38. The number of aliphatic hydroxyl groups excluding tert-OH is 1. The van der Waals surface area contributed by atoms with Gasteiger partial charge in [-0.15, -0.1) is 0 Å². The third-order valence-corrected chi connectivity index (χ3v) is 3.58. The molecule has 1 aliphatic rings. The molecular weight excluding hydrogens is 244 g/mol. The average Bonchev–Trinajstić information content (AvgIpc) is 2.67. The monoisotopic (exact) mass is 268 g/mol. The SMILES string of the molecule is Cc1nn(C(C)C)c(N2CC(CO)OCC2C)c1N. The number of nitrogens with zero attached hydrogens (tertiary/aromatic N) is 3. The highest BCUT2D eigenvalue weighted by atomic mass is 16.5. The lowest BCUT2D eigenvalue weighted by molar-refractivity contribution is -0.0108. The quantitative estimate of drug-likeness (QED) is 0.853. The van der Waals surface area contributed by atoms with Crippen LogP contribution in [0, 0.1) is 6.92 Å². The van der Waals surface area contributed by atoms with Gasteiger partial charge >= 0.3 is 0 Å². The van der Waals surface area contributed by atoms with Gasteiger partial charge in [0.05, 0.1) is 36.7 Å². The Kier molecular flexibility index (Phi) is 4.01. The summed E-state index contributed by atoms with van der Waals surface area (Å²) in [4.78, 5) is 2.19. The number of nitrogens with two attached hydrogens (primary N) is 1. The maximum absolute atomic E-state index is 9.29. The van der Waals surface area contributed by atoms with Gasteiger partial charge in [-0.3, -0.25) is 0 Å². The van der Waals surface area contributed by atoms with Gasteiger partial charge in [0.15, 0.2) is 5.82 Å². The van der Waals surface area contributed by atoms with Gasteiger partial charge in [0.1, 0.15) is 0 Å². The summed E-state index contributed by atoms with van der Waals surface area (Å²) in [5.74, 6) is 0.946. The fraction of sp³-hybridized carbons (Fsp3) is 0.769. The first kappa shape index (κ1) is 14.1. The molecular formula is C13H24N4O2. The van der Waals surface area contributed by atoms with Crippen molar-refractivity contribution in [3.63, 3.8) is 0 Å². The van der Waals surface area contributed by atoms with Gasteiger partial charge in [0, 0.05) is 12.6 Å². The molecule has 1 aliphatic heterocycles. The van der Waals surface area contributed by atoms with Crippen LogP contribution in [0.3, 0.4) is 0 Å². The molecule has 2 heterocycles. The van der Waals surface area contributed by atoms with Gasteiger partial charge in [-0.2, -0.15) is 5.10 Å². The second-order valence-corrected chi connectivity index (χ2v) is 5.50. The third kappa shape index (κ3) is 2.55. The van der Waals surface area contributed by atoms with E-state index < -0.39 is 0 Å². The standard InChI is InChI=1S/C13H24N4O2/c1-8(2)17-13(12(14)10(4)15-17)16-5-11(6-18)19-7-9(16)3/h8-9,11,18H,5-7,14H2,1-4H3.